The van der Waals surface area contributed by atoms with Crippen molar-refractivity contribution in [1.29, 1.82) is 0 Å². The van der Waals surface area contributed by atoms with Crippen LogP contribution in [0.5, 0.6) is 0 Å². The van der Waals surface area contributed by atoms with Gasteiger partial charge in [0.2, 0.25) is 5.91 Å². The number of carbonyl (C=O) groups excluding carboxylic acids is 2. The normalized spacial score (nSPS) is 16.0. The van der Waals surface area contributed by atoms with E-state index in [0.29, 0.717) is 5.69 Å². The number of anilines is 1. The lowest BCUT2D eigenvalue weighted by Crippen LogP contribution is -2.48. The van der Waals surface area contributed by atoms with E-state index in [4.69, 9.17) is 4.74 Å². The van der Waals surface area contributed by atoms with Crippen LogP contribution in [0.25, 0.3) is 11.3 Å². The fourth-order valence-corrected chi connectivity index (χ4v) is 4.69. The highest BCUT2D eigenvalue weighted by atomic mass is 79.9. The number of benzene rings is 2. The molecule has 7 nitrogen and oxygen atoms in total. The summed E-state index contributed by atoms with van der Waals surface area (Å²) in [6, 6.07) is 12.9. The molecule has 1 aromatic heterocycles. The summed E-state index contributed by atoms with van der Waals surface area (Å²) in [5.41, 5.74) is 4.23. The van der Waals surface area contributed by atoms with E-state index in [1.807, 2.05) is 48.0 Å². The van der Waals surface area contributed by atoms with E-state index in [2.05, 4.69) is 37.6 Å². The largest absolute Gasteiger partial charge is 0.444 e. The molecule has 1 unspecified atom stereocenters. The lowest BCUT2D eigenvalue weighted by atomic mass is 9.92. The van der Waals surface area contributed by atoms with Crippen molar-refractivity contribution in [2.45, 2.75) is 51.2 Å². The molecule has 0 spiro atoms. The molecule has 3 aromatic rings. The highest BCUT2D eigenvalue weighted by Crippen LogP contribution is 2.37. The molecule has 0 saturated carbocycles. The lowest BCUT2D eigenvalue weighted by Gasteiger charge is -2.27. The molecular weight excluding hydrogens is 496 g/mol. The van der Waals surface area contributed by atoms with Gasteiger partial charge in [0.15, 0.2) is 0 Å². The molecule has 2 N–H and O–H groups in total. The summed E-state index contributed by atoms with van der Waals surface area (Å²) in [6.45, 7) is 5.40. The first-order valence-electron chi connectivity index (χ1n) is 11.3. The Morgan fingerprint density at radius 1 is 1.18 bits per heavy atom. The van der Waals surface area contributed by atoms with Crippen LogP contribution in [0, 0.1) is 0 Å². The average Bonchev–Trinajstić information content (AvgIpc) is 3.37. The molecule has 0 bridgehead atoms. The van der Waals surface area contributed by atoms with Crippen LogP contribution in [0.2, 0.25) is 0 Å². The third-order valence-corrected chi connectivity index (χ3v) is 6.35. The van der Waals surface area contributed by atoms with Crippen molar-refractivity contribution in [3.05, 3.63) is 70.6 Å². The van der Waals surface area contributed by atoms with Crippen molar-refractivity contribution in [1.82, 2.24) is 14.9 Å². The number of carbonyl (C=O) groups is 2. The molecule has 34 heavy (non-hydrogen) atoms. The molecule has 0 saturated heterocycles. The van der Waals surface area contributed by atoms with Gasteiger partial charge in [-0.3, -0.25) is 4.79 Å². The summed E-state index contributed by atoms with van der Waals surface area (Å²) in [5, 5.41) is 5.81. The van der Waals surface area contributed by atoms with Crippen LogP contribution < -0.4 is 10.6 Å². The number of hydrogen-bond acceptors (Lipinski definition) is 4. The zero-order valence-corrected chi connectivity index (χ0v) is 21.3. The summed E-state index contributed by atoms with van der Waals surface area (Å²) < 4.78 is 8.34. The standard InChI is InChI=1S/C26H29BrN4O3/c1-26(2,3)34-25(33)30-23(20-12-8-16-5-9-18(27)13-21(16)20)24(32)29-19-10-6-17(7-11-19)22-14-28-15-31(22)4/h5-7,9-11,13-15,20,23H,8,12H2,1-4H3,(H,29,32)(H,30,33)/t20?,23-/m0/s1. The van der Waals surface area contributed by atoms with E-state index in [9.17, 15) is 9.59 Å². The number of amides is 2. The van der Waals surface area contributed by atoms with Crippen LogP contribution in [0.3, 0.4) is 0 Å². The number of aryl methyl sites for hydroxylation is 2. The van der Waals surface area contributed by atoms with Crippen LogP contribution in [-0.2, 0) is 23.0 Å². The Hall–Kier alpha value is -3.13. The zero-order chi connectivity index (χ0) is 24.5. The van der Waals surface area contributed by atoms with E-state index in [1.54, 1.807) is 33.3 Å². The number of nitrogens with zero attached hydrogens (tertiary/aromatic N) is 2. The van der Waals surface area contributed by atoms with Crippen molar-refractivity contribution in [2.24, 2.45) is 7.05 Å². The van der Waals surface area contributed by atoms with Gasteiger partial charge >= 0.3 is 6.09 Å². The summed E-state index contributed by atoms with van der Waals surface area (Å²) in [4.78, 5) is 30.2. The van der Waals surface area contributed by atoms with E-state index >= 15 is 0 Å². The van der Waals surface area contributed by atoms with Gasteiger partial charge in [0.25, 0.3) is 0 Å². The van der Waals surface area contributed by atoms with E-state index in [-0.39, 0.29) is 11.8 Å². The number of aromatic nitrogens is 2. The van der Waals surface area contributed by atoms with E-state index < -0.39 is 17.7 Å². The average molecular weight is 525 g/mol. The second-order valence-corrected chi connectivity index (χ2v) is 10.5. The quantitative estimate of drug-likeness (QED) is 0.467. The number of rotatable bonds is 5. The SMILES string of the molecule is Cn1cncc1-c1ccc(NC(=O)[C@@H](NC(=O)OC(C)(C)C)C2CCc3ccc(Br)cc32)cc1. The second-order valence-electron chi connectivity index (χ2n) is 9.57. The molecular formula is C26H29BrN4O3. The van der Waals surface area contributed by atoms with Crippen molar-refractivity contribution in [3.63, 3.8) is 0 Å². The summed E-state index contributed by atoms with van der Waals surface area (Å²) in [6.07, 6.45) is 4.55. The second kappa shape index (κ2) is 9.62. The van der Waals surface area contributed by atoms with Gasteiger partial charge < -0.3 is 19.9 Å². The maximum absolute atomic E-state index is 13.5. The maximum Gasteiger partial charge on any atom is 0.408 e. The Kier molecular flexibility index (Phi) is 6.79. The van der Waals surface area contributed by atoms with Crippen LogP contribution >= 0.6 is 15.9 Å². The number of ether oxygens (including phenoxy) is 1. The molecule has 0 radical (unpaired) electrons. The Labute approximate surface area is 208 Å². The van der Waals surface area contributed by atoms with Crippen LogP contribution in [0.15, 0.2) is 59.5 Å². The van der Waals surface area contributed by atoms with Crippen molar-refractivity contribution in [3.8, 4) is 11.3 Å². The number of fused-ring (bicyclic) bond motifs is 1. The first-order valence-corrected chi connectivity index (χ1v) is 12.1. The lowest BCUT2D eigenvalue weighted by molar-refractivity contribution is -0.118. The monoisotopic (exact) mass is 524 g/mol. The van der Waals surface area contributed by atoms with Gasteiger partial charge in [-0.25, -0.2) is 9.78 Å². The molecule has 0 fully saturated rings. The highest BCUT2D eigenvalue weighted by molar-refractivity contribution is 9.10. The fraction of sp³-hybridized carbons (Fsp3) is 0.346. The Morgan fingerprint density at radius 2 is 1.91 bits per heavy atom. The summed E-state index contributed by atoms with van der Waals surface area (Å²) >= 11 is 3.53. The van der Waals surface area contributed by atoms with Gasteiger partial charge in [-0.05, 0) is 74.6 Å². The van der Waals surface area contributed by atoms with E-state index in [0.717, 1.165) is 34.1 Å². The fourth-order valence-electron chi connectivity index (χ4n) is 4.31. The first-order chi connectivity index (χ1) is 16.1. The predicted octanol–water partition coefficient (Wildman–Crippen LogP) is 5.41. The molecule has 2 amide bonds. The Bertz CT molecular complexity index is 1200. The molecule has 0 aliphatic heterocycles. The van der Waals surface area contributed by atoms with Crippen LogP contribution in [0.4, 0.5) is 10.5 Å². The predicted molar refractivity (Wildman–Crippen MR) is 136 cm³/mol. The van der Waals surface area contributed by atoms with Crippen LogP contribution in [-0.4, -0.2) is 33.2 Å². The minimum absolute atomic E-state index is 0.159. The van der Waals surface area contributed by atoms with Crippen LogP contribution in [0.1, 0.15) is 44.2 Å². The maximum atomic E-state index is 13.5. The van der Waals surface area contributed by atoms with Gasteiger partial charge in [0.1, 0.15) is 11.6 Å². The molecule has 178 valence electrons. The first kappa shape index (κ1) is 24.0. The van der Waals surface area contributed by atoms with Gasteiger partial charge in [-0.1, -0.05) is 34.1 Å². The number of alkyl carbamates (subject to hydrolysis) is 1. The zero-order valence-electron chi connectivity index (χ0n) is 19.8. The molecule has 2 atom stereocenters. The molecule has 1 aliphatic carbocycles. The Morgan fingerprint density at radius 3 is 2.56 bits per heavy atom. The van der Waals surface area contributed by atoms with Crippen molar-refractivity contribution >= 4 is 33.6 Å². The number of nitrogens with one attached hydrogen (secondary N) is 2. The minimum atomic E-state index is -0.776. The molecule has 1 heterocycles. The number of hydrogen-bond donors (Lipinski definition) is 2. The van der Waals surface area contributed by atoms with Crippen molar-refractivity contribution < 1.29 is 14.3 Å². The summed E-state index contributed by atoms with van der Waals surface area (Å²) in [7, 11) is 1.93. The van der Waals surface area contributed by atoms with Gasteiger partial charge in [0.05, 0.1) is 18.2 Å². The molecule has 4 rings (SSSR count). The number of imidazole rings is 1. The highest BCUT2D eigenvalue weighted by Gasteiger charge is 2.36. The topological polar surface area (TPSA) is 85.3 Å². The van der Waals surface area contributed by atoms with Crippen molar-refractivity contribution in [2.75, 3.05) is 5.32 Å². The Balaban J connectivity index is 1.56. The third kappa shape index (κ3) is 5.50. The molecule has 8 heteroatoms. The van der Waals surface area contributed by atoms with Gasteiger partial charge in [0, 0.05) is 23.1 Å². The van der Waals surface area contributed by atoms with E-state index in [1.165, 1.54) is 5.56 Å². The third-order valence-electron chi connectivity index (χ3n) is 5.85. The molecule has 2 aromatic carbocycles. The smallest absolute Gasteiger partial charge is 0.408 e. The minimum Gasteiger partial charge on any atom is -0.444 e. The molecule has 1 aliphatic rings. The van der Waals surface area contributed by atoms with Gasteiger partial charge in [-0.15, -0.1) is 0 Å². The number of halogens is 1. The van der Waals surface area contributed by atoms with Gasteiger partial charge in [-0.2, -0.15) is 0 Å². The summed E-state index contributed by atoms with van der Waals surface area (Å²) in [5.74, 6) is -0.439.